The first-order valence-corrected chi connectivity index (χ1v) is 14.7. The summed E-state index contributed by atoms with van der Waals surface area (Å²) in [6.45, 7) is 7.75. The van der Waals surface area contributed by atoms with Crippen LogP contribution < -0.4 is 16.0 Å². The Morgan fingerprint density at radius 2 is 1.76 bits per heavy atom. The van der Waals surface area contributed by atoms with Crippen LogP contribution in [0.2, 0.25) is 0 Å². The Morgan fingerprint density at radius 1 is 1.10 bits per heavy atom. The predicted octanol–water partition coefficient (Wildman–Crippen LogP) is 1.42. The summed E-state index contributed by atoms with van der Waals surface area (Å²) >= 11 is 1.26. The summed E-state index contributed by atoms with van der Waals surface area (Å²) in [5.41, 5.74) is 0.993. The van der Waals surface area contributed by atoms with Gasteiger partial charge in [0.05, 0.1) is 18.5 Å². The Kier molecular flexibility index (Phi) is 13.9. The first kappa shape index (κ1) is 34.4. The van der Waals surface area contributed by atoms with Gasteiger partial charge in [0.15, 0.2) is 0 Å². The second-order valence-electron chi connectivity index (χ2n) is 10.8. The number of nitrogens with zero attached hydrogens (tertiary/aromatic N) is 2. The summed E-state index contributed by atoms with van der Waals surface area (Å²) in [6, 6.07) is 8.61. The number of likely N-dealkylation sites (N-methyl/N-ethyl adjacent to an activating group) is 2. The van der Waals surface area contributed by atoms with E-state index in [-0.39, 0.29) is 48.4 Å². The molecule has 4 atom stereocenters. The lowest BCUT2D eigenvalue weighted by atomic mass is 9.76. The summed E-state index contributed by atoms with van der Waals surface area (Å²) in [5.74, 6) is -1.74. The van der Waals surface area contributed by atoms with Gasteiger partial charge in [-0.2, -0.15) is 0 Å². The summed E-state index contributed by atoms with van der Waals surface area (Å²) in [4.78, 5) is 44.5. The van der Waals surface area contributed by atoms with E-state index in [1.54, 1.807) is 31.5 Å². The summed E-state index contributed by atoms with van der Waals surface area (Å²) < 4.78 is 5.73. The molecule has 0 bridgehead atoms. The lowest BCUT2D eigenvalue weighted by Crippen LogP contribution is -2.50. The number of hydrogen-bond donors (Lipinski definition) is 5. The van der Waals surface area contributed by atoms with Gasteiger partial charge in [-0.3, -0.25) is 14.4 Å². The van der Waals surface area contributed by atoms with Crippen molar-refractivity contribution >= 4 is 36.2 Å². The molecule has 0 spiro atoms. The minimum Gasteiger partial charge on any atom is -0.426 e. The molecule has 1 aromatic carbocycles. The molecule has 2 rings (SSSR count). The molecule has 13 heteroatoms. The van der Waals surface area contributed by atoms with Crippen molar-refractivity contribution in [2.75, 3.05) is 27.7 Å². The number of ether oxygens (including phenoxy) is 1. The molecule has 41 heavy (non-hydrogen) atoms. The molecular formula is C28H44BN5O6S. The lowest BCUT2D eigenvalue weighted by Gasteiger charge is -2.33. The number of benzene rings is 1. The average molecular weight is 590 g/mol. The standard InChI is InChI=1S/C28H44BN5O6S/c1-17(2)21(34(6)24(35)15-31-27(37)25(30-5)18(3)4)14-22(40-7)28-32-20(16-41-28)26(36)33-23(29(38)39)13-19-11-9-8-10-12-19/h8-12,16-18,21-23,25,30,38-39H,13-15H2,1-7H3,(H,31,37)(H,33,36)/t21?,22?,23-,25?/m0/s1. The highest BCUT2D eigenvalue weighted by Crippen LogP contribution is 2.29. The Bertz CT molecular complexity index is 1120. The number of aromatic nitrogens is 1. The van der Waals surface area contributed by atoms with Crippen LogP contribution in [0, 0.1) is 11.8 Å². The van der Waals surface area contributed by atoms with E-state index in [9.17, 15) is 24.4 Å². The van der Waals surface area contributed by atoms with Crippen molar-refractivity contribution in [1.82, 2.24) is 25.8 Å². The van der Waals surface area contributed by atoms with Gasteiger partial charge in [0.25, 0.3) is 5.91 Å². The average Bonchev–Trinajstić information content (AvgIpc) is 3.42. The van der Waals surface area contributed by atoms with Crippen molar-refractivity contribution in [2.45, 2.75) is 64.7 Å². The van der Waals surface area contributed by atoms with Gasteiger partial charge in [-0.1, -0.05) is 58.0 Å². The fourth-order valence-corrected chi connectivity index (χ4v) is 5.51. The van der Waals surface area contributed by atoms with Gasteiger partial charge in [0.2, 0.25) is 11.8 Å². The number of thiazole rings is 1. The Balaban J connectivity index is 2.07. The molecule has 0 aliphatic heterocycles. The number of rotatable bonds is 16. The molecular weight excluding hydrogens is 545 g/mol. The van der Waals surface area contributed by atoms with E-state index in [1.165, 1.54) is 11.3 Å². The molecule has 0 radical (unpaired) electrons. The maximum Gasteiger partial charge on any atom is 0.475 e. The zero-order valence-electron chi connectivity index (χ0n) is 25.0. The number of amides is 3. The largest absolute Gasteiger partial charge is 0.475 e. The van der Waals surface area contributed by atoms with Crippen molar-refractivity contribution in [3.63, 3.8) is 0 Å². The monoisotopic (exact) mass is 589 g/mol. The Labute approximate surface area is 247 Å². The third-order valence-corrected chi connectivity index (χ3v) is 8.02. The van der Waals surface area contributed by atoms with E-state index in [4.69, 9.17) is 4.74 Å². The Morgan fingerprint density at radius 3 is 2.29 bits per heavy atom. The second-order valence-corrected chi connectivity index (χ2v) is 11.6. The van der Waals surface area contributed by atoms with Crippen LogP contribution in [0.5, 0.6) is 0 Å². The van der Waals surface area contributed by atoms with E-state index in [1.807, 2.05) is 58.0 Å². The van der Waals surface area contributed by atoms with E-state index in [0.717, 1.165) is 5.56 Å². The van der Waals surface area contributed by atoms with Crippen molar-refractivity contribution in [3.8, 4) is 0 Å². The number of nitrogens with one attached hydrogen (secondary N) is 3. The number of carbonyl (C=O) groups is 3. The SMILES string of the molecule is CNC(C(=O)NCC(=O)N(C)C(CC(OC)c1nc(C(=O)N[C@@H](Cc2ccccc2)B(O)O)cs1)C(C)C)C(C)C. The molecule has 0 saturated heterocycles. The second kappa shape index (κ2) is 16.6. The highest BCUT2D eigenvalue weighted by Gasteiger charge is 2.31. The molecule has 1 heterocycles. The van der Waals surface area contributed by atoms with Gasteiger partial charge in [-0.15, -0.1) is 11.3 Å². The maximum atomic E-state index is 13.0. The van der Waals surface area contributed by atoms with Crippen molar-refractivity contribution in [1.29, 1.82) is 0 Å². The van der Waals surface area contributed by atoms with Crippen LogP contribution in [0.3, 0.4) is 0 Å². The third kappa shape index (κ3) is 10.2. The number of methoxy groups -OCH3 is 1. The van der Waals surface area contributed by atoms with Gasteiger partial charge in [0.1, 0.15) is 16.8 Å². The van der Waals surface area contributed by atoms with Crippen molar-refractivity contribution in [2.24, 2.45) is 11.8 Å². The lowest BCUT2D eigenvalue weighted by molar-refractivity contribution is -0.135. The zero-order valence-corrected chi connectivity index (χ0v) is 25.8. The van der Waals surface area contributed by atoms with Crippen molar-refractivity contribution in [3.05, 3.63) is 52.0 Å². The summed E-state index contributed by atoms with van der Waals surface area (Å²) in [6.07, 6.45) is 0.180. The Hall–Kier alpha value is -2.84. The molecule has 0 fully saturated rings. The van der Waals surface area contributed by atoms with Gasteiger partial charge < -0.3 is 35.6 Å². The van der Waals surface area contributed by atoms with Gasteiger partial charge in [-0.25, -0.2) is 4.98 Å². The van der Waals surface area contributed by atoms with Crippen LogP contribution in [0.4, 0.5) is 0 Å². The molecule has 2 aromatic rings. The highest BCUT2D eigenvalue weighted by atomic mass is 32.1. The van der Waals surface area contributed by atoms with Gasteiger partial charge >= 0.3 is 7.12 Å². The smallest absolute Gasteiger partial charge is 0.426 e. The summed E-state index contributed by atoms with van der Waals surface area (Å²) in [7, 11) is 3.22. The maximum absolute atomic E-state index is 13.0. The van der Waals surface area contributed by atoms with Crippen molar-refractivity contribution < 1.29 is 29.2 Å². The number of hydrogen-bond acceptors (Lipinski definition) is 9. The van der Waals surface area contributed by atoms with E-state index in [0.29, 0.717) is 11.4 Å². The fraction of sp³-hybridized carbons (Fsp3) is 0.571. The molecule has 0 aliphatic rings. The first-order valence-electron chi connectivity index (χ1n) is 13.8. The van der Waals surface area contributed by atoms with Gasteiger partial charge in [0, 0.05) is 32.0 Å². The minimum absolute atomic E-state index is 0.0746. The van der Waals surface area contributed by atoms with E-state index in [2.05, 4.69) is 20.9 Å². The van der Waals surface area contributed by atoms with Crippen LogP contribution in [0.25, 0.3) is 0 Å². The molecule has 5 N–H and O–H groups in total. The predicted molar refractivity (Wildman–Crippen MR) is 160 cm³/mol. The molecule has 0 saturated carbocycles. The summed E-state index contributed by atoms with van der Waals surface area (Å²) in [5, 5.41) is 30.2. The van der Waals surface area contributed by atoms with Gasteiger partial charge in [-0.05, 0) is 30.9 Å². The quantitative estimate of drug-likeness (QED) is 0.184. The van der Waals surface area contributed by atoms with Crippen LogP contribution in [-0.2, 0) is 20.7 Å². The molecule has 226 valence electrons. The number of carbonyl (C=O) groups excluding carboxylic acids is 3. The van der Waals surface area contributed by atoms with E-state index < -0.39 is 31.1 Å². The molecule has 3 unspecified atom stereocenters. The van der Waals surface area contributed by atoms with Crippen LogP contribution in [-0.4, -0.2) is 90.5 Å². The first-order chi connectivity index (χ1) is 19.4. The molecule has 11 nitrogen and oxygen atoms in total. The highest BCUT2D eigenvalue weighted by molar-refractivity contribution is 7.09. The van der Waals surface area contributed by atoms with E-state index >= 15 is 0 Å². The van der Waals surface area contributed by atoms with Crippen LogP contribution in [0.1, 0.15) is 61.3 Å². The normalized spacial score (nSPS) is 14.3. The molecule has 1 aromatic heterocycles. The minimum atomic E-state index is -1.75. The zero-order chi connectivity index (χ0) is 30.7. The molecule has 0 aliphatic carbocycles. The fourth-order valence-electron chi connectivity index (χ4n) is 4.63. The van der Waals surface area contributed by atoms with Crippen LogP contribution in [0.15, 0.2) is 35.7 Å². The van der Waals surface area contributed by atoms with Crippen LogP contribution >= 0.6 is 11.3 Å². The topological polar surface area (TPSA) is 153 Å². The molecule has 3 amide bonds. The third-order valence-electron chi connectivity index (χ3n) is 7.08.